The molecule has 0 aliphatic carbocycles. The molecule has 8 heteroatoms. The number of Topliss-reactive ketones (excluding diaryl/α,β-unsaturated/α-hetero) is 1. The van der Waals surface area contributed by atoms with Crippen molar-refractivity contribution in [2.75, 3.05) is 13.2 Å². The standard InChI is InChI=1S/C22H18Cl3NO4/c23-13-5-3-12(4-6-13)20(27)18-19(16-8-7-14(24)10-17(16)25)26(22(29)21(18)28)11-15-2-1-9-30-15/h3-8,10,15,19,27H,1-2,9,11H2/b20-18+/t15-,19-/m1/s1. The van der Waals surface area contributed by atoms with Crippen LogP contribution in [-0.2, 0) is 14.3 Å². The van der Waals surface area contributed by atoms with Crippen LogP contribution in [0.25, 0.3) is 5.76 Å². The third-order valence-electron chi connectivity index (χ3n) is 5.34. The van der Waals surface area contributed by atoms with Crippen LogP contribution in [0.5, 0.6) is 0 Å². The molecule has 0 radical (unpaired) electrons. The first-order valence-electron chi connectivity index (χ1n) is 9.47. The number of aliphatic hydroxyl groups excluding tert-OH is 1. The first-order chi connectivity index (χ1) is 14.4. The maximum absolute atomic E-state index is 13.0. The SMILES string of the molecule is O=C1C(=O)N(C[C@H]2CCCO2)[C@H](c2ccc(Cl)cc2Cl)/C1=C(\O)c1ccc(Cl)cc1. The summed E-state index contributed by atoms with van der Waals surface area (Å²) in [4.78, 5) is 27.4. The third kappa shape index (κ3) is 3.95. The number of nitrogens with zero attached hydrogens (tertiary/aromatic N) is 1. The van der Waals surface area contributed by atoms with E-state index in [1.54, 1.807) is 42.5 Å². The number of ether oxygens (including phenoxy) is 1. The fourth-order valence-electron chi connectivity index (χ4n) is 3.89. The van der Waals surface area contributed by atoms with E-state index in [4.69, 9.17) is 39.5 Å². The lowest BCUT2D eigenvalue weighted by molar-refractivity contribution is -0.140. The maximum Gasteiger partial charge on any atom is 0.295 e. The van der Waals surface area contributed by atoms with E-state index >= 15 is 0 Å². The van der Waals surface area contributed by atoms with Gasteiger partial charge in [-0.2, -0.15) is 0 Å². The number of likely N-dealkylation sites (tertiary alicyclic amines) is 1. The van der Waals surface area contributed by atoms with Crippen molar-refractivity contribution >= 4 is 52.3 Å². The fraction of sp³-hybridized carbons (Fsp3) is 0.273. The molecular formula is C22H18Cl3NO4. The molecule has 2 heterocycles. The Bertz CT molecular complexity index is 1030. The Morgan fingerprint density at radius 3 is 2.40 bits per heavy atom. The normalized spacial score (nSPS) is 23.4. The van der Waals surface area contributed by atoms with Gasteiger partial charge in [0, 0.05) is 33.8 Å². The zero-order valence-electron chi connectivity index (χ0n) is 15.8. The molecule has 30 heavy (non-hydrogen) atoms. The van der Waals surface area contributed by atoms with Crippen molar-refractivity contribution < 1.29 is 19.4 Å². The summed E-state index contributed by atoms with van der Waals surface area (Å²) in [7, 11) is 0. The van der Waals surface area contributed by atoms with Crippen molar-refractivity contribution in [1.82, 2.24) is 4.90 Å². The first kappa shape index (κ1) is 21.2. The molecule has 1 amide bonds. The van der Waals surface area contributed by atoms with Gasteiger partial charge < -0.3 is 14.7 Å². The van der Waals surface area contributed by atoms with Gasteiger partial charge in [-0.15, -0.1) is 0 Å². The summed E-state index contributed by atoms with van der Waals surface area (Å²) in [6.45, 7) is 0.845. The van der Waals surface area contributed by atoms with Crippen LogP contribution < -0.4 is 0 Å². The molecule has 2 atom stereocenters. The molecule has 0 spiro atoms. The second-order valence-corrected chi connectivity index (χ2v) is 8.54. The highest BCUT2D eigenvalue weighted by Gasteiger charge is 2.47. The van der Waals surface area contributed by atoms with Gasteiger partial charge in [0.25, 0.3) is 11.7 Å². The second-order valence-electron chi connectivity index (χ2n) is 7.26. The summed E-state index contributed by atoms with van der Waals surface area (Å²) in [6, 6.07) is 10.4. The molecule has 2 aliphatic heterocycles. The molecule has 0 unspecified atom stereocenters. The van der Waals surface area contributed by atoms with Crippen molar-refractivity contribution in [1.29, 1.82) is 0 Å². The number of carbonyl (C=O) groups is 2. The smallest absolute Gasteiger partial charge is 0.295 e. The van der Waals surface area contributed by atoms with Gasteiger partial charge in [-0.3, -0.25) is 9.59 Å². The Balaban J connectivity index is 1.85. The van der Waals surface area contributed by atoms with Gasteiger partial charge in [-0.25, -0.2) is 0 Å². The minimum atomic E-state index is -0.852. The van der Waals surface area contributed by atoms with E-state index in [2.05, 4.69) is 0 Å². The summed E-state index contributed by atoms with van der Waals surface area (Å²) in [5, 5.41) is 12.2. The Morgan fingerprint density at radius 1 is 1.07 bits per heavy atom. The van der Waals surface area contributed by atoms with Crippen LogP contribution in [0, 0.1) is 0 Å². The average molecular weight is 467 g/mol. The number of hydrogen-bond donors (Lipinski definition) is 1. The zero-order chi connectivity index (χ0) is 21.4. The Morgan fingerprint density at radius 2 is 1.77 bits per heavy atom. The van der Waals surface area contributed by atoms with Crippen LogP contribution in [0.1, 0.15) is 30.0 Å². The highest BCUT2D eigenvalue weighted by atomic mass is 35.5. The molecule has 2 aliphatic rings. The predicted molar refractivity (Wildman–Crippen MR) is 116 cm³/mol. The van der Waals surface area contributed by atoms with E-state index in [-0.39, 0.29) is 24.0 Å². The third-order valence-corrected chi connectivity index (χ3v) is 6.15. The van der Waals surface area contributed by atoms with Crippen LogP contribution in [0.2, 0.25) is 15.1 Å². The van der Waals surface area contributed by atoms with E-state index < -0.39 is 17.7 Å². The van der Waals surface area contributed by atoms with Gasteiger partial charge in [-0.05, 0) is 54.8 Å². The Labute approximate surface area is 188 Å². The van der Waals surface area contributed by atoms with E-state index in [1.165, 1.54) is 4.90 Å². The number of hydrogen-bond acceptors (Lipinski definition) is 4. The van der Waals surface area contributed by atoms with Crippen LogP contribution in [0.4, 0.5) is 0 Å². The van der Waals surface area contributed by atoms with Crippen molar-refractivity contribution in [3.05, 3.63) is 74.2 Å². The summed E-state index contributed by atoms with van der Waals surface area (Å²) >= 11 is 18.4. The summed E-state index contributed by atoms with van der Waals surface area (Å²) in [6.07, 6.45) is 1.51. The average Bonchev–Trinajstić information content (AvgIpc) is 3.31. The number of benzene rings is 2. The number of ketones is 1. The second kappa shape index (κ2) is 8.60. The number of amides is 1. The molecule has 2 saturated heterocycles. The fourth-order valence-corrected chi connectivity index (χ4v) is 4.52. The lowest BCUT2D eigenvalue weighted by Crippen LogP contribution is -2.36. The number of rotatable bonds is 4. The molecule has 2 fully saturated rings. The van der Waals surface area contributed by atoms with E-state index in [9.17, 15) is 14.7 Å². The quantitative estimate of drug-likeness (QED) is 0.380. The molecule has 5 nitrogen and oxygen atoms in total. The van der Waals surface area contributed by atoms with Crippen molar-refractivity contribution in [3.8, 4) is 0 Å². The molecule has 0 saturated carbocycles. The monoisotopic (exact) mass is 465 g/mol. The van der Waals surface area contributed by atoms with Gasteiger partial charge in [0.1, 0.15) is 5.76 Å². The van der Waals surface area contributed by atoms with E-state index in [1.807, 2.05) is 0 Å². The number of carbonyl (C=O) groups excluding carboxylic acids is 2. The Hall–Kier alpha value is -2.05. The van der Waals surface area contributed by atoms with E-state index in [0.717, 1.165) is 12.8 Å². The van der Waals surface area contributed by atoms with Gasteiger partial charge in [0.05, 0.1) is 17.7 Å². The number of aliphatic hydroxyl groups is 1. The van der Waals surface area contributed by atoms with Crippen molar-refractivity contribution in [2.45, 2.75) is 25.0 Å². The summed E-state index contributed by atoms with van der Waals surface area (Å²) in [5.41, 5.74) is 0.864. The largest absolute Gasteiger partial charge is 0.507 e. The number of halogens is 3. The topological polar surface area (TPSA) is 66.8 Å². The van der Waals surface area contributed by atoms with Gasteiger partial charge in [-0.1, -0.05) is 40.9 Å². The van der Waals surface area contributed by atoms with Gasteiger partial charge in [0.2, 0.25) is 0 Å². The minimum Gasteiger partial charge on any atom is -0.507 e. The van der Waals surface area contributed by atoms with Crippen LogP contribution in [-0.4, -0.2) is 41.0 Å². The van der Waals surface area contributed by atoms with Crippen molar-refractivity contribution in [3.63, 3.8) is 0 Å². The lowest BCUT2D eigenvalue weighted by Gasteiger charge is -2.28. The lowest BCUT2D eigenvalue weighted by atomic mass is 9.95. The van der Waals surface area contributed by atoms with Crippen LogP contribution >= 0.6 is 34.8 Å². The predicted octanol–water partition coefficient (Wildman–Crippen LogP) is 5.25. The van der Waals surface area contributed by atoms with Gasteiger partial charge >= 0.3 is 0 Å². The summed E-state index contributed by atoms with van der Waals surface area (Å²) in [5.74, 6) is -1.75. The highest BCUT2D eigenvalue weighted by molar-refractivity contribution is 6.47. The molecule has 2 aromatic rings. The van der Waals surface area contributed by atoms with Crippen LogP contribution in [0.3, 0.4) is 0 Å². The zero-order valence-corrected chi connectivity index (χ0v) is 18.0. The van der Waals surface area contributed by atoms with Crippen molar-refractivity contribution in [2.24, 2.45) is 0 Å². The maximum atomic E-state index is 13.0. The molecule has 1 N–H and O–H groups in total. The molecular weight excluding hydrogens is 449 g/mol. The minimum absolute atomic E-state index is 0.0236. The molecule has 0 bridgehead atoms. The molecule has 0 aromatic heterocycles. The Kier molecular flexibility index (Phi) is 6.07. The highest BCUT2D eigenvalue weighted by Crippen LogP contribution is 2.43. The molecule has 156 valence electrons. The first-order valence-corrected chi connectivity index (χ1v) is 10.6. The van der Waals surface area contributed by atoms with E-state index in [0.29, 0.717) is 32.8 Å². The molecule has 4 rings (SSSR count). The molecule has 2 aromatic carbocycles. The van der Waals surface area contributed by atoms with Gasteiger partial charge in [0.15, 0.2) is 0 Å². The van der Waals surface area contributed by atoms with Crippen LogP contribution in [0.15, 0.2) is 48.0 Å². The summed E-state index contributed by atoms with van der Waals surface area (Å²) < 4.78 is 5.67.